The van der Waals surface area contributed by atoms with Gasteiger partial charge in [-0.1, -0.05) is 0 Å². The van der Waals surface area contributed by atoms with E-state index >= 15 is 0 Å². The van der Waals surface area contributed by atoms with E-state index in [0.717, 1.165) is 20.4 Å². The number of hydrogen-bond acceptors (Lipinski definition) is 1. The van der Waals surface area contributed by atoms with E-state index in [-0.39, 0.29) is 75.1 Å². The molecular weight excluding hydrogens is 292 g/mol. The standard InChI is InChI=1S/Ba.O.Ti.Zr.2H. The fourth-order valence-corrected chi connectivity index (χ4v) is 0. The zero-order chi connectivity index (χ0) is 2.00. The molecule has 0 aliphatic carbocycles. The average Bonchev–Trinajstić information content (AvgIpc) is 1.00. The first-order valence-corrected chi connectivity index (χ1v) is 0.842. The third-order valence-corrected chi connectivity index (χ3v) is 0. The third-order valence-electron chi connectivity index (χ3n) is 0. The van der Waals surface area contributed by atoms with Crippen molar-refractivity contribution in [1.82, 2.24) is 0 Å². The Morgan fingerprint density at radius 1 is 1.25 bits per heavy atom. The minimum absolute atomic E-state index is 0. The Hall–Kier alpha value is 2.97. The molecule has 0 saturated heterocycles. The molecule has 0 amide bonds. The summed E-state index contributed by atoms with van der Waals surface area (Å²) in [6.45, 7) is 0. The maximum Gasteiger partial charge on any atom is 0 e. The monoisotopic (exact) mass is 294 g/mol. The second-order valence-corrected chi connectivity index (χ2v) is 0. The minimum atomic E-state index is 0. The maximum absolute atomic E-state index is 8.25. The van der Waals surface area contributed by atoms with E-state index < -0.39 is 0 Å². The van der Waals surface area contributed by atoms with Crippen LogP contribution in [0.4, 0.5) is 0 Å². The van der Waals surface area contributed by atoms with E-state index in [4.69, 9.17) is 3.32 Å². The predicted octanol–water partition coefficient (Wildman–Crippen LogP) is -1.04. The first-order valence-electron chi connectivity index (χ1n) is 0.204. The Morgan fingerprint density at radius 3 is 1.25 bits per heavy atom. The Labute approximate surface area is 96.2 Å². The summed E-state index contributed by atoms with van der Waals surface area (Å²) in [6.07, 6.45) is 0. The van der Waals surface area contributed by atoms with Gasteiger partial charge in [0.2, 0.25) is 0 Å². The van der Waals surface area contributed by atoms with Gasteiger partial charge in [-0.15, -0.1) is 0 Å². The van der Waals surface area contributed by atoms with Crippen molar-refractivity contribution in [3.63, 3.8) is 0 Å². The molecule has 0 heterocycles. The average molecular weight is 294 g/mol. The van der Waals surface area contributed by atoms with Crippen LogP contribution >= 0.6 is 0 Å². The molecule has 0 rings (SSSR count). The summed E-state index contributed by atoms with van der Waals surface area (Å²) in [5.74, 6) is 0. The summed E-state index contributed by atoms with van der Waals surface area (Å²) in [5.41, 5.74) is 0. The Balaban J connectivity index is -0.00000000500. The van der Waals surface area contributed by atoms with Crippen LogP contribution in [0.15, 0.2) is 0 Å². The van der Waals surface area contributed by atoms with E-state index in [1.165, 1.54) is 0 Å². The molecule has 18 valence electrons. The molecule has 0 bridgehead atoms. The van der Waals surface area contributed by atoms with Crippen molar-refractivity contribution >= 4 is 48.9 Å². The minimum Gasteiger partial charge on any atom is 0 e. The van der Waals surface area contributed by atoms with E-state index in [1.54, 1.807) is 0 Å². The molecule has 0 radical (unpaired) electrons. The van der Waals surface area contributed by atoms with Crippen LogP contribution in [0.2, 0.25) is 0 Å². The third kappa shape index (κ3) is 8.88. The smallest absolute Gasteiger partial charge is 0 e. The van der Waals surface area contributed by atoms with Gasteiger partial charge in [0.15, 0.2) is 0 Å². The molecule has 0 aromatic rings. The van der Waals surface area contributed by atoms with Crippen molar-refractivity contribution in [2.75, 3.05) is 0 Å². The normalized spacial score (nSPS) is 0.750. The zero-order valence-electron chi connectivity index (χ0n) is 1.41. The van der Waals surface area contributed by atoms with E-state index in [1.807, 2.05) is 0 Å². The Kier molecular flexibility index (Phi) is 65.9. The summed E-state index contributed by atoms with van der Waals surface area (Å²) in [7, 11) is 0. The maximum atomic E-state index is 8.25. The van der Waals surface area contributed by atoms with Crippen LogP contribution in [0.3, 0.4) is 0 Å². The molecule has 0 atom stereocenters. The van der Waals surface area contributed by atoms with Gasteiger partial charge in [0.25, 0.3) is 0 Å². The van der Waals surface area contributed by atoms with E-state index in [0.29, 0.717) is 0 Å². The summed E-state index contributed by atoms with van der Waals surface area (Å²) < 4.78 is 8.25. The predicted molar refractivity (Wildman–Crippen MR) is 9.23 cm³/mol. The molecule has 4 heteroatoms. The fraction of sp³-hybridized carbons (Fsp3) is 0. The van der Waals surface area contributed by atoms with Crippen LogP contribution in [0, 0.1) is 0 Å². The van der Waals surface area contributed by atoms with Crippen LogP contribution in [-0.2, 0) is 49.9 Å². The molecule has 0 spiro atoms. The van der Waals surface area contributed by atoms with Crippen molar-refractivity contribution in [1.29, 1.82) is 0 Å². The second-order valence-electron chi connectivity index (χ2n) is 0. The number of rotatable bonds is 0. The van der Waals surface area contributed by atoms with Crippen LogP contribution in [0.5, 0.6) is 0 Å². The van der Waals surface area contributed by atoms with Crippen molar-refractivity contribution < 1.29 is 49.9 Å². The summed E-state index contributed by atoms with van der Waals surface area (Å²) >= 11 is 0.750. The van der Waals surface area contributed by atoms with Crippen molar-refractivity contribution in [2.24, 2.45) is 0 Å². The molecule has 0 aromatic carbocycles. The van der Waals surface area contributed by atoms with Crippen molar-refractivity contribution in [3.8, 4) is 0 Å². The molecule has 0 aliphatic rings. The van der Waals surface area contributed by atoms with Crippen LogP contribution < -0.4 is 0 Å². The van der Waals surface area contributed by atoms with Gasteiger partial charge in [-0.05, 0) is 0 Å². The van der Waals surface area contributed by atoms with E-state index in [2.05, 4.69) is 0 Å². The summed E-state index contributed by atoms with van der Waals surface area (Å²) in [5, 5.41) is 0. The Bertz CT molecular complexity index is 8.00. The first kappa shape index (κ1) is 15.8. The topological polar surface area (TPSA) is 17.1 Å². The van der Waals surface area contributed by atoms with Gasteiger partial charge in [-0.2, -0.15) is 0 Å². The SMILES string of the molecule is [BaH2].[O]=[Ti].[Zr]. The van der Waals surface area contributed by atoms with Gasteiger partial charge in [-0.25, -0.2) is 0 Å². The van der Waals surface area contributed by atoms with Crippen molar-refractivity contribution in [3.05, 3.63) is 0 Å². The molecular formula is H2BaOTiZr. The first-order chi connectivity index (χ1) is 1.00. The summed E-state index contributed by atoms with van der Waals surface area (Å²) in [4.78, 5) is 0. The zero-order valence-corrected chi connectivity index (χ0v) is 5.43. The van der Waals surface area contributed by atoms with Gasteiger partial charge in [0.05, 0.1) is 0 Å². The molecule has 1 nitrogen and oxygen atoms in total. The van der Waals surface area contributed by atoms with Crippen molar-refractivity contribution in [2.45, 2.75) is 0 Å². The van der Waals surface area contributed by atoms with Crippen LogP contribution in [0.25, 0.3) is 0 Å². The number of hydrogen-bond donors (Lipinski definition) is 0. The van der Waals surface area contributed by atoms with Gasteiger partial charge in [0.1, 0.15) is 0 Å². The van der Waals surface area contributed by atoms with Gasteiger partial charge in [0, 0.05) is 26.2 Å². The molecule has 0 fully saturated rings. The van der Waals surface area contributed by atoms with E-state index in [9.17, 15) is 0 Å². The molecule has 0 saturated carbocycles. The largest absolute Gasteiger partial charge is 0 e. The summed E-state index contributed by atoms with van der Waals surface area (Å²) in [6, 6.07) is 0. The molecule has 0 unspecified atom stereocenters. The second kappa shape index (κ2) is 16.7. The van der Waals surface area contributed by atoms with Crippen LogP contribution in [0.1, 0.15) is 0 Å². The van der Waals surface area contributed by atoms with Gasteiger partial charge >= 0.3 is 72.6 Å². The molecule has 0 aromatic heterocycles. The van der Waals surface area contributed by atoms with Gasteiger partial charge < -0.3 is 0 Å². The fourth-order valence-electron chi connectivity index (χ4n) is 0. The molecule has 0 N–H and O–H groups in total. The van der Waals surface area contributed by atoms with Crippen LogP contribution in [-0.4, -0.2) is 48.9 Å². The van der Waals surface area contributed by atoms with Gasteiger partial charge in [-0.3, -0.25) is 0 Å². The molecule has 0 aliphatic heterocycles. The molecule has 4 heavy (non-hydrogen) atoms. The Morgan fingerprint density at radius 2 is 1.25 bits per heavy atom. The quantitative estimate of drug-likeness (QED) is 0.522.